The van der Waals surface area contributed by atoms with E-state index in [0.29, 0.717) is 0 Å². The van der Waals surface area contributed by atoms with Crippen molar-refractivity contribution in [3.05, 3.63) is 379 Å². The van der Waals surface area contributed by atoms with Gasteiger partial charge >= 0.3 is 42.1 Å². The fourth-order valence-electron chi connectivity index (χ4n) is 18.9. The molecule has 0 bridgehead atoms. The number of hydrogen-bond acceptors (Lipinski definition) is 9. The van der Waals surface area contributed by atoms with Crippen molar-refractivity contribution < 1.29 is 42.1 Å². The summed E-state index contributed by atoms with van der Waals surface area (Å²) in [7, 11) is 0. The molecule has 572 valence electrons. The zero-order valence-corrected chi connectivity index (χ0v) is 72.1. The van der Waals surface area contributed by atoms with E-state index in [0.717, 1.165) is 84.2 Å². The standard InChI is InChI=1S/C55H39N5S.C50H36N4S.2Pt/c1-54(2)42-19-11-17-40-41-18-12-20-43-52(41)60(51(40)42)53-44(54)31-37(32-45(53)55(43,3)4)49-25-24-48(61-49)36-23-26-50(58-33-36)59(38-15-9-13-34(29-38)46-21-5-7-27-56-46)39-16-10-14-35(30-39)47-22-6-8-28-57-47;1-49(2)38-19-11-17-36-37-18-12-20-39-47(37)54(46(36)38)48-40(49)29-33(30-41(48)50(39,3)4)44-23-24-45(55-44)53(34-15-9-13-31(27-34)42-21-5-7-25-51-42)35-16-10-14-32(28-35)43-22-6-8-26-52-43;;/h5-28,31-33H,1-4H3;5-26,29-30H,1-4H3;;/q2*-2;2*+2. The second kappa shape index (κ2) is 28.4. The van der Waals surface area contributed by atoms with Crippen LogP contribution < -0.4 is 9.80 Å². The van der Waals surface area contributed by atoms with Crippen molar-refractivity contribution in [3.8, 4) is 87.7 Å². The Bertz CT molecular complexity index is 6870. The van der Waals surface area contributed by atoms with E-state index in [1.807, 2.05) is 139 Å². The Morgan fingerprint density at radius 2 is 0.593 bits per heavy atom. The van der Waals surface area contributed by atoms with Crippen molar-refractivity contribution in [3.63, 3.8) is 0 Å². The molecule has 9 aromatic heterocycles. The summed E-state index contributed by atoms with van der Waals surface area (Å²) in [6.07, 6.45) is 9.27. The van der Waals surface area contributed by atoms with Crippen molar-refractivity contribution in [2.75, 3.05) is 9.80 Å². The van der Waals surface area contributed by atoms with E-state index < -0.39 is 0 Å². The number of anilines is 6. The maximum Gasteiger partial charge on any atom is 2.00 e. The molecule has 13 heteroatoms. The number of nitrogens with zero attached hydrogens (tertiary/aromatic N) is 9. The molecule has 13 heterocycles. The molecule has 23 rings (SSSR count). The number of fused-ring (bicyclic) bond motifs is 2. The summed E-state index contributed by atoms with van der Waals surface area (Å²) in [4.78, 5) is 31.6. The van der Waals surface area contributed by atoms with Crippen LogP contribution in [0, 0.1) is 24.3 Å². The normalized spacial score (nSPS) is 14.1. The second-order valence-electron chi connectivity index (χ2n) is 32.9. The van der Waals surface area contributed by atoms with Crippen LogP contribution in [0.1, 0.15) is 99.9 Å². The van der Waals surface area contributed by atoms with Gasteiger partial charge in [-0.15, -0.1) is 142 Å². The molecular formula is C105H75N9Pt2S2. The van der Waals surface area contributed by atoms with Gasteiger partial charge in [-0.1, -0.05) is 177 Å². The molecule has 19 aromatic rings. The van der Waals surface area contributed by atoms with Crippen LogP contribution >= 0.6 is 22.7 Å². The van der Waals surface area contributed by atoms with E-state index >= 15 is 0 Å². The molecule has 118 heavy (non-hydrogen) atoms. The van der Waals surface area contributed by atoms with Crippen molar-refractivity contribution in [1.82, 2.24) is 34.1 Å². The van der Waals surface area contributed by atoms with Gasteiger partial charge in [-0.25, -0.2) is 4.98 Å². The van der Waals surface area contributed by atoms with E-state index in [4.69, 9.17) is 4.98 Å². The topological polar surface area (TPSA) is 80.8 Å². The largest absolute Gasteiger partial charge is 2.00 e. The van der Waals surface area contributed by atoms with Gasteiger partial charge in [0, 0.05) is 94.4 Å². The summed E-state index contributed by atoms with van der Waals surface area (Å²) < 4.78 is 5.19. The molecule has 0 spiro atoms. The van der Waals surface area contributed by atoms with Gasteiger partial charge in [-0.05, 0) is 186 Å². The van der Waals surface area contributed by atoms with E-state index in [9.17, 15) is 0 Å². The number of aromatic nitrogens is 7. The summed E-state index contributed by atoms with van der Waals surface area (Å²) in [5.74, 6) is 0.761. The number of pyridine rings is 5. The molecular weight excluding hydrogens is 1840 g/mol. The molecule has 0 saturated carbocycles. The maximum atomic E-state index is 5.14. The molecule has 4 aliphatic heterocycles. The SMILES string of the molecule is CC1(C)c2cc(-c3ccc(-c4ccc(N(c5[c-]c(-c6ccccn6)ccc5)c5[c-]c(-c6ccccn6)ccc5)nc4)s3)cc3c2-n2c4c1cccc4c1cccc(c12)C3(C)C.CC1(C)c2cc(-c3ccc(N(c4[c-]c(-c5ccccn5)ccc4)c4[c-]c(-c5ccccn5)ccc4)s3)cc3c2-n2c4c1cccc4c1cccc(c12)C3(C)C.[Pt+2].[Pt+2]. The van der Waals surface area contributed by atoms with Gasteiger partial charge in [0.15, 0.2) is 0 Å². The molecule has 4 aliphatic rings. The van der Waals surface area contributed by atoms with Crippen LogP contribution in [0.25, 0.3) is 131 Å². The third kappa shape index (κ3) is 11.6. The predicted octanol–water partition coefficient (Wildman–Crippen LogP) is 27.0. The first-order chi connectivity index (χ1) is 56.5. The van der Waals surface area contributed by atoms with Gasteiger partial charge in [0.05, 0.1) is 38.4 Å². The Labute approximate surface area is 723 Å². The number of hydrogen-bond donors (Lipinski definition) is 0. The summed E-state index contributed by atoms with van der Waals surface area (Å²) in [6, 6.07) is 114. The average molecular weight is 1920 g/mol. The van der Waals surface area contributed by atoms with Gasteiger partial charge < -0.3 is 38.9 Å². The van der Waals surface area contributed by atoms with Crippen LogP contribution in [-0.2, 0) is 63.8 Å². The monoisotopic (exact) mass is 1920 g/mol. The van der Waals surface area contributed by atoms with Gasteiger partial charge in [-0.2, -0.15) is 0 Å². The molecule has 0 N–H and O–H groups in total. The number of rotatable bonds is 13. The first kappa shape index (κ1) is 74.7. The Hall–Kier alpha value is -12.1. The molecule has 0 amide bonds. The minimum Gasteiger partial charge on any atom is -0.338 e. The van der Waals surface area contributed by atoms with Crippen LogP contribution in [0.5, 0.6) is 0 Å². The van der Waals surface area contributed by atoms with Crippen molar-refractivity contribution in [1.29, 1.82) is 0 Å². The third-order valence-electron chi connectivity index (χ3n) is 24.8. The van der Waals surface area contributed by atoms with Crippen LogP contribution in [0.3, 0.4) is 0 Å². The predicted molar refractivity (Wildman–Crippen MR) is 478 cm³/mol. The Morgan fingerprint density at radius 1 is 0.280 bits per heavy atom. The summed E-state index contributed by atoms with van der Waals surface area (Å²) in [6.45, 7) is 19.2. The summed E-state index contributed by atoms with van der Waals surface area (Å²) in [5.41, 5.74) is 32.7. The quantitative estimate of drug-likeness (QED) is 0.106. The fraction of sp³-hybridized carbons (Fsp3) is 0.114. The third-order valence-corrected chi connectivity index (χ3v) is 27.1. The number of para-hydroxylation sites is 4. The number of benzene rings is 10. The molecule has 0 fully saturated rings. The first-order valence-electron chi connectivity index (χ1n) is 39.6. The molecule has 0 unspecified atom stereocenters. The maximum absolute atomic E-state index is 5.14. The summed E-state index contributed by atoms with van der Waals surface area (Å²) >= 11 is 3.62. The Morgan fingerprint density at radius 3 is 0.915 bits per heavy atom. The van der Waals surface area contributed by atoms with Crippen LogP contribution in [0.15, 0.2) is 310 Å². The molecule has 0 radical (unpaired) electrons. The van der Waals surface area contributed by atoms with E-state index in [1.165, 1.54) is 125 Å². The molecule has 9 nitrogen and oxygen atoms in total. The van der Waals surface area contributed by atoms with Gasteiger partial charge in [0.25, 0.3) is 0 Å². The first-order valence-corrected chi connectivity index (χ1v) is 41.2. The molecule has 0 atom stereocenters. The minimum atomic E-state index is -0.189. The molecule has 10 aromatic carbocycles. The fourth-order valence-corrected chi connectivity index (χ4v) is 20.9. The van der Waals surface area contributed by atoms with Gasteiger partial charge in [-0.3, -0.25) is 0 Å². The van der Waals surface area contributed by atoms with Crippen molar-refractivity contribution in [2.45, 2.75) is 77.0 Å². The van der Waals surface area contributed by atoms with E-state index in [-0.39, 0.29) is 63.8 Å². The zero-order valence-electron chi connectivity index (χ0n) is 65.9. The Balaban J connectivity index is 0.000000150. The van der Waals surface area contributed by atoms with Crippen molar-refractivity contribution in [2.24, 2.45) is 0 Å². The summed E-state index contributed by atoms with van der Waals surface area (Å²) in [5, 5.41) is 6.46. The smallest absolute Gasteiger partial charge is 0.338 e. The van der Waals surface area contributed by atoms with Gasteiger partial charge in [0.1, 0.15) is 5.82 Å². The number of thiophene rings is 2. The average Bonchev–Trinajstić information content (AvgIpc) is 1.47. The van der Waals surface area contributed by atoms with Gasteiger partial charge in [0.2, 0.25) is 0 Å². The Kier molecular flexibility index (Phi) is 18.0. The van der Waals surface area contributed by atoms with E-state index in [1.54, 1.807) is 11.3 Å². The minimum absolute atomic E-state index is 0. The van der Waals surface area contributed by atoms with Crippen LogP contribution in [0.4, 0.5) is 33.6 Å². The zero-order chi connectivity index (χ0) is 78.1. The van der Waals surface area contributed by atoms with E-state index in [2.05, 4.69) is 301 Å². The molecule has 0 aliphatic carbocycles. The van der Waals surface area contributed by atoms with Crippen LogP contribution in [0.2, 0.25) is 0 Å². The second-order valence-corrected chi connectivity index (χ2v) is 35.0. The van der Waals surface area contributed by atoms with Crippen molar-refractivity contribution >= 4 is 99.9 Å². The molecule has 0 saturated heterocycles. The van der Waals surface area contributed by atoms with Crippen LogP contribution in [-0.4, -0.2) is 34.1 Å².